The van der Waals surface area contributed by atoms with Crippen molar-refractivity contribution in [3.8, 4) is 0 Å². The Kier molecular flexibility index (Phi) is 7.53. The van der Waals surface area contributed by atoms with Gasteiger partial charge in [-0.25, -0.2) is 0 Å². The van der Waals surface area contributed by atoms with Gasteiger partial charge in [-0.05, 0) is 33.6 Å². The number of rotatable bonds is 8. The quantitative estimate of drug-likeness (QED) is 0.384. The van der Waals surface area contributed by atoms with Crippen molar-refractivity contribution < 1.29 is 28.6 Å². The van der Waals surface area contributed by atoms with Gasteiger partial charge in [0.2, 0.25) is 6.29 Å². The highest BCUT2D eigenvalue weighted by molar-refractivity contribution is 6.04. The monoisotopic (exact) mass is 300 g/mol. The second-order valence-electron chi connectivity index (χ2n) is 4.89. The van der Waals surface area contributed by atoms with Crippen LogP contribution in [-0.4, -0.2) is 43.6 Å². The number of Topliss-reactive ketones (excluding diaryl/α,β-unsaturated/α-hetero) is 2. The molecular formula is C15H24O6. The largest absolute Gasteiger partial charge is 0.466 e. The molecule has 1 aliphatic rings. The molecule has 0 aromatic rings. The summed E-state index contributed by atoms with van der Waals surface area (Å²) in [4.78, 5) is 36.2. The maximum atomic E-state index is 12.4. The third-order valence-electron chi connectivity index (χ3n) is 3.48. The SMILES string of the molecule is CCOC(=O)C1CCC(=O)C(C(=O)C(OCC)OCC)C1. The van der Waals surface area contributed by atoms with Gasteiger partial charge in [-0.1, -0.05) is 0 Å². The van der Waals surface area contributed by atoms with Crippen molar-refractivity contribution in [1.82, 2.24) is 0 Å². The highest BCUT2D eigenvalue weighted by atomic mass is 16.7. The molecule has 0 aliphatic heterocycles. The van der Waals surface area contributed by atoms with Gasteiger partial charge in [-0.2, -0.15) is 0 Å². The first kappa shape index (κ1) is 17.8. The molecule has 0 spiro atoms. The molecule has 6 heteroatoms. The molecule has 1 fully saturated rings. The van der Waals surface area contributed by atoms with Gasteiger partial charge in [0.25, 0.3) is 0 Å². The average Bonchev–Trinajstić information content (AvgIpc) is 2.47. The lowest BCUT2D eigenvalue weighted by Gasteiger charge is -2.28. The molecule has 6 nitrogen and oxygen atoms in total. The van der Waals surface area contributed by atoms with E-state index in [1.54, 1.807) is 20.8 Å². The van der Waals surface area contributed by atoms with Crippen molar-refractivity contribution in [3.05, 3.63) is 0 Å². The summed E-state index contributed by atoms with van der Waals surface area (Å²) in [6.45, 7) is 6.17. The molecule has 21 heavy (non-hydrogen) atoms. The first-order valence-corrected chi connectivity index (χ1v) is 7.51. The molecule has 1 saturated carbocycles. The third kappa shape index (κ3) is 4.89. The Morgan fingerprint density at radius 2 is 1.76 bits per heavy atom. The Morgan fingerprint density at radius 3 is 2.29 bits per heavy atom. The van der Waals surface area contributed by atoms with Gasteiger partial charge in [-0.3, -0.25) is 14.4 Å². The molecule has 0 bridgehead atoms. The van der Waals surface area contributed by atoms with E-state index in [0.717, 1.165) is 0 Å². The highest BCUT2D eigenvalue weighted by Gasteiger charge is 2.40. The van der Waals surface area contributed by atoms with E-state index in [1.165, 1.54) is 0 Å². The molecule has 120 valence electrons. The topological polar surface area (TPSA) is 78.9 Å². The summed E-state index contributed by atoms with van der Waals surface area (Å²) in [5.74, 6) is -2.12. The van der Waals surface area contributed by atoms with Gasteiger partial charge in [0, 0.05) is 19.6 Å². The van der Waals surface area contributed by atoms with Crippen LogP contribution in [-0.2, 0) is 28.6 Å². The second kappa shape index (κ2) is 8.89. The summed E-state index contributed by atoms with van der Waals surface area (Å²) in [6, 6.07) is 0. The van der Waals surface area contributed by atoms with E-state index in [9.17, 15) is 14.4 Å². The fourth-order valence-corrected chi connectivity index (χ4v) is 2.45. The van der Waals surface area contributed by atoms with E-state index in [2.05, 4.69) is 0 Å². The Hall–Kier alpha value is -1.27. The zero-order valence-electron chi connectivity index (χ0n) is 12.9. The van der Waals surface area contributed by atoms with Crippen LogP contribution in [0, 0.1) is 11.8 Å². The van der Waals surface area contributed by atoms with Crippen LogP contribution >= 0.6 is 0 Å². The third-order valence-corrected chi connectivity index (χ3v) is 3.48. The normalized spacial score (nSPS) is 22.4. The minimum atomic E-state index is -1.03. The van der Waals surface area contributed by atoms with E-state index in [-0.39, 0.29) is 24.6 Å². The fraction of sp³-hybridized carbons (Fsp3) is 0.800. The molecule has 0 aromatic heterocycles. The first-order valence-electron chi connectivity index (χ1n) is 7.51. The van der Waals surface area contributed by atoms with Crippen molar-refractivity contribution in [2.45, 2.75) is 46.3 Å². The Labute approximate surface area is 125 Å². The van der Waals surface area contributed by atoms with Crippen LogP contribution in [0.25, 0.3) is 0 Å². The molecule has 0 N–H and O–H groups in total. The van der Waals surface area contributed by atoms with Gasteiger partial charge < -0.3 is 14.2 Å². The van der Waals surface area contributed by atoms with Crippen molar-refractivity contribution >= 4 is 17.5 Å². The summed E-state index contributed by atoms with van der Waals surface area (Å²) >= 11 is 0. The van der Waals surface area contributed by atoms with Crippen molar-refractivity contribution in [2.75, 3.05) is 19.8 Å². The van der Waals surface area contributed by atoms with Gasteiger partial charge >= 0.3 is 5.97 Å². The van der Waals surface area contributed by atoms with Crippen LogP contribution in [0.3, 0.4) is 0 Å². The summed E-state index contributed by atoms with van der Waals surface area (Å²) in [5.41, 5.74) is 0. The van der Waals surface area contributed by atoms with E-state index < -0.39 is 23.9 Å². The van der Waals surface area contributed by atoms with Crippen LogP contribution in [0.15, 0.2) is 0 Å². The van der Waals surface area contributed by atoms with Crippen LogP contribution in [0.5, 0.6) is 0 Å². The van der Waals surface area contributed by atoms with E-state index >= 15 is 0 Å². The van der Waals surface area contributed by atoms with Gasteiger partial charge in [0.15, 0.2) is 5.78 Å². The molecule has 0 saturated heterocycles. The standard InChI is InChI=1S/C15H24O6/c1-4-19-14(18)10-7-8-12(16)11(9-10)13(17)15(20-5-2)21-6-3/h10-11,15H,4-9H2,1-3H3. The maximum Gasteiger partial charge on any atom is 0.308 e. The van der Waals surface area contributed by atoms with Crippen LogP contribution in [0.2, 0.25) is 0 Å². The minimum absolute atomic E-state index is 0.148. The van der Waals surface area contributed by atoms with E-state index in [1.807, 2.05) is 0 Å². The van der Waals surface area contributed by atoms with Gasteiger partial charge in [0.1, 0.15) is 5.78 Å². The zero-order valence-corrected chi connectivity index (χ0v) is 12.9. The molecule has 1 aliphatic carbocycles. The maximum absolute atomic E-state index is 12.4. The number of ketones is 2. The number of carbonyl (C=O) groups excluding carboxylic acids is 3. The van der Waals surface area contributed by atoms with Crippen molar-refractivity contribution in [2.24, 2.45) is 11.8 Å². The number of carbonyl (C=O) groups is 3. The second-order valence-corrected chi connectivity index (χ2v) is 4.89. The summed E-state index contributed by atoms with van der Waals surface area (Å²) < 4.78 is 15.5. The van der Waals surface area contributed by atoms with Crippen molar-refractivity contribution in [1.29, 1.82) is 0 Å². The molecule has 2 atom stereocenters. The lowest BCUT2D eigenvalue weighted by molar-refractivity contribution is -0.175. The average molecular weight is 300 g/mol. The molecule has 1 rings (SSSR count). The van der Waals surface area contributed by atoms with Gasteiger partial charge in [-0.15, -0.1) is 0 Å². The predicted octanol–water partition coefficient (Wildman–Crippen LogP) is 1.50. The molecule has 0 amide bonds. The molecule has 0 radical (unpaired) electrons. The Balaban J connectivity index is 2.75. The van der Waals surface area contributed by atoms with E-state index in [4.69, 9.17) is 14.2 Å². The summed E-state index contributed by atoms with van der Waals surface area (Å²) in [6.07, 6.45) is -0.192. The highest BCUT2D eigenvalue weighted by Crippen LogP contribution is 2.29. The fourth-order valence-electron chi connectivity index (χ4n) is 2.45. The number of ether oxygens (including phenoxy) is 3. The lowest BCUT2D eigenvalue weighted by atomic mass is 9.78. The van der Waals surface area contributed by atoms with Crippen LogP contribution < -0.4 is 0 Å². The molecule has 0 aromatic carbocycles. The summed E-state index contributed by atoms with van der Waals surface area (Å²) in [7, 11) is 0. The zero-order chi connectivity index (χ0) is 15.8. The number of hydrogen-bond donors (Lipinski definition) is 0. The van der Waals surface area contributed by atoms with Crippen LogP contribution in [0.4, 0.5) is 0 Å². The lowest BCUT2D eigenvalue weighted by Crippen LogP contribution is -2.41. The smallest absolute Gasteiger partial charge is 0.308 e. The Bertz CT molecular complexity index is 372. The number of hydrogen-bond acceptors (Lipinski definition) is 6. The molecular weight excluding hydrogens is 276 g/mol. The van der Waals surface area contributed by atoms with Crippen LogP contribution in [0.1, 0.15) is 40.0 Å². The predicted molar refractivity (Wildman–Crippen MR) is 74.5 cm³/mol. The molecule has 0 heterocycles. The number of esters is 1. The van der Waals surface area contributed by atoms with Gasteiger partial charge in [0.05, 0.1) is 18.4 Å². The summed E-state index contributed by atoms with van der Waals surface area (Å²) in [5, 5.41) is 0. The van der Waals surface area contributed by atoms with E-state index in [0.29, 0.717) is 26.2 Å². The Morgan fingerprint density at radius 1 is 1.14 bits per heavy atom. The molecule has 2 unspecified atom stereocenters. The first-order chi connectivity index (χ1) is 10.0. The van der Waals surface area contributed by atoms with Crippen molar-refractivity contribution in [3.63, 3.8) is 0 Å². The minimum Gasteiger partial charge on any atom is -0.466 e.